The fraction of sp³-hybridized carbons (Fsp3) is 0.706. The summed E-state index contributed by atoms with van der Waals surface area (Å²) in [6.07, 6.45) is 11.8. The lowest BCUT2D eigenvalue weighted by atomic mass is 9.95. The van der Waals surface area contributed by atoms with Crippen molar-refractivity contribution in [2.24, 2.45) is 5.92 Å². The highest BCUT2D eigenvalue weighted by Crippen LogP contribution is 2.20. The lowest BCUT2D eigenvalue weighted by Gasteiger charge is -2.32. The van der Waals surface area contributed by atoms with Crippen LogP contribution in [0.4, 0.5) is 10.7 Å². The molecule has 0 radical (unpaired) electrons. The van der Waals surface area contributed by atoms with Crippen LogP contribution in [-0.2, 0) is 0 Å². The van der Waals surface area contributed by atoms with Gasteiger partial charge < -0.3 is 15.5 Å². The third-order valence-electron chi connectivity index (χ3n) is 4.94. The van der Waals surface area contributed by atoms with E-state index in [-0.39, 0.29) is 6.03 Å². The summed E-state index contributed by atoms with van der Waals surface area (Å²) in [4.78, 5) is 22.8. The van der Waals surface area contributed by atoms with Crippen molar-refractivity contribution in [1.29, 1.82) is 0 Å². The van der Waals surface area contributed by atoms with E-state index in [4.69, 9.17) is 0 Å². The third-order valence-corrected chi connectivity index (χ3v) is 4.94. The second-order valence-corrected chi connectivity index (χ2v) is 6.67. The molecule has 2 N–H and O–H groups in total. The molecular formula is C17H27N5O. The molecule has 2 aliphatic rings. The van der Waals surface area contributed by atoms with Gasteiger partial charge >= 0.3 is 6.03 Å². The van der Waals surface area contributed by atoms with Gasteiger partial charge in [0.15, 0.2) is 0 Å². The van der Waals surface area contributed by atoms with Gasteiger partial charge in [-0.3, -0.25) is 0 Å². The number of hydrogen-bond acceptors (Lipinski definition) is 4. The molecule has 6 nitrogen and oxygen atoms in total. The second-order valence-electron chi connectivity index (χ2n) is 6.67. The number of amides is 2. The van der Waals surface area contributed by atoms with E-state index in [9.17, 15) is 4.79 Å². The molecule has 23 heavy (non-hydrogen) atoms. The average Bonchev–Trinajstić information content (AvgIpc) is 2.62. The van der Waals surface area contributed by atoms with Crippen LogP contribution in [0.25, 0.3) is 0 Å². The van der Waals surface area contributed by atoms with Crippen LogP contribution in [0.1, 0.15) is 44.9 Å². The summed E-state index contributed by atoms with van der Waals surface area (Å²) in [6, 6.07) is 2.22. The zero-order chi connectivity index (χ0) is 15.9. The maximum absolute atomic E-state index is 12.0. The summed E-state index contributed by atoms with van der Waals surface area (Å²) in [7, 11) is 0. The Labute approximate surface area is 138 Å². The van der Waals surface area contributed by atoms with E-state index in [1.807, 2.05) is 6.07 Å². The highest BCUT2D eigenvalue weighted by molar-refractivity contribution is 5.74. The Bertz CT molecular complexity index is 481. The average molecular weight is 317 g/mol. The van der Waals surface area contributed by atoms with Gasteiger partial charge in [0.1, 0.15) is 0 Å². The van der Waals surface area contributed by atoms with Crippen LogP contribution < -0.4 is 15.5 Å². The summed E-state index contributed by atoms with van der Waals surface area (Å²) in [5.74, 6) is 1.36. The topological polar surface area (TPSA) is 70.2 Å². The first-order chi connectivity index (χ1) is 11.3. The summed E-state index contributed by atoms with van der Waals surface area (Å²) in [5.41, 5.74) is 0. The van der Waals surface area contributed by atoms with E-state index in [1.54, 1.807) is 12.4 Å². The van der Waals surface area contributed by atoms with Crippen LogP contribution >= 0.6 is 0 Å². The van der Waals surface area contributed by atoms with Crippen LogP contribution in [0.2, 0.25) is 0 Å². The van der Waals surface area contributed by atoms with Crippen LogP contribution in [0.15, 0.2) is 18.5 Å². The minimum Gasteiger partial charge on any atom is -0.341 e. The second kappa shape index (κ2) is 8.13. The van der Waals surface area contributed by atoms with E-state index >= 15 is 0 Å². The van der Waals surface area contributed by atoms with Crippen molar-refractivity contribution in [2.75, 3.05) is 24.5 Å². The van der Waals surface area contributed by atoms with Crippen molar-refractivity contribution in [2.45, 2.75) is 51.0 Å². The van der Waals surface area contributed by atoms with Gasteiger partial charge in [0.2, 0.25) is 5.95 Å². The normalized spacial score (nSPS) is 20.3. The number of nitrogens with one attached hydrogen (secondary N) is 2. The summed E-state index contributed by atoms with van der Waals surface area (Å²) in [6.45, 7) is 2.68. The Morgan fingerprint density at radius 2 is 1.78 bits per heavy atom. The fourth-order valence-corrected chi connectivity index (χ4v) is 3.51. The zero-order valence-corrected chi connectivity index (χ0v) is 13.7. The molecule has 1 saturated carbocycles. The Morgan fingerprint density at radius 3 is 2.48 bits per heavy atom. The fourth-order valence-electron chi connectivity index (χ4n) is 3.51. The molecule has 1 saturated heterocycles. The van der Waals surface area contributed by atoms with Crippen LogP contribution in [0, 0.1) is 5.92 Å². The lowest BCUT2D eigenvalue weighted by molar-refractivity contribution is 0.229. The minimum atomic E-state index is 0.00530. The highest BCUT2D eigenvalue weighted by Gasteiger charge is 2.22. The molecule has 1 aliphatic heterocycles. The molecule has 6 heteroatoms. The number of anilines is 1. The molecule has 0 bridgehead atoms. The first-order valence-electron chi connectivity index (χ1n) is 8.87. The molecule has 0 atom stereocenters. The van der Waals surface area contributed by atoms with Crippen molar-refractivity contribution >= 4 is 12.0 Å². The predicted octanol–water partition coefficient (Wildman–Crippen LogP) is 2.32. The lowest BCUT2D eigenvalue weighted by Crippen LogP contribution is -2.45. The standard InChI is InChI=1S/C17H27N5O/c23-17(21-15-5-2-1-3-6-15)20-13-14-7-11-22(12-8-14)16-18-9-4-10-19-16/h4,9-10,14-15H,1-3,5-8,11-13H2,(H2,20,21,23). The van der Waals surface area contributed by atoms with Crippen molar-refractivity contribution in [1.82, 2.24) is 20.6 Å². The quantitative estimate of drug-likeness (QED) is 0.894. The molecule has 3 rings (SSSR count). The van der Waals surface area contributed by atoms with Gasteiger partial charge in [-0.05, 0) is 37.7 Å². The number of nitrogens with zero attached hydrogens (tertiary/aromatic N) is 3. The molecule has 2 amide bonds. The number of hydrogen-bond donors (Lipinski definition) is 2. The Balaban J connectivity index is 1.35. The first kappa shape index (κ1) is 16.0. The highest BCUT2D eigenvalue weighted by atomic mass is 16.2. The molecule has 1 aromatic rings. The minimum absolute atomic E-state index is 0.00530. The summed E-state index contributed by atoms with van der Waals surface area (Å²) >= 11 is 0. The predicted molar refractivity (Wildman–Crippen MR) is 90.4 cm³/mol. The number of rotatable bonds is 4. The number of carbonyl (C=O) groups is 1. The number of urea groups is 1. The zero-order valence-electron chi connectivity index (χ0n) is 13.7. The molecule has 0 unspecified atom stereocenters. The summed E-state index contributed by atoms with van der Waals surface area (Å²) in [5, 5.41) is 6.17. The molecule has 1 aliphatic carbocycles. The molecule has 126 valence electrons. The Kier molecular flexibility index (Phi) is 5.66. The first-order valence-corrected chi connectivity index (χ1v) is 8.87. The smallest absolute Gasteiger partial charge is 0.315 e. The van der Waals surface area contributed by atoms with Crippen LogP contribution in [-0.4, -0.2) is 41.7 Å². The van der Waals surface area contributed by atoms with Gasteiger partial charge in [-0.2, -0.15) is 0 Å². The van der Waals surface area contributed by atoms with Gasteiger partial charge in [-0.25, -0.2) is 14.8 Å². The molecular weight excluding hydrogens is 290 g/mol. The van der Waals surface area contributed by atoms with E-state index < -0.39 is 0 Å². The van der Waals surface area contributed by atoms with Gasteiger partial charge in [-0.15, -0.1) is 0 Å². The van der Waals surface area contributed by atoms with Crippen molar-refractivity contribution < 1.29 is 4.79 Å². The molecule has 0 aromatic carbocycles. The van der Waals surface area contributed by atoms with E-state index in [0.717, 1.165) is 51.3 Å². The van der Waals surface area contributed by atoms with Crippen molar-refractivity contribution in [3.8, 4) is 0 Å². The van der Waals surface area contributed by atoms with Crippen LogP contribution in [0.5, 0.6) is 0 Å². The maximum atomic E-state index is 12.0. The van der Waals surface area contributed by atoms with E-state index in [0.29, 0.717) is 12.0 Å². The van der Waals surface area contributed by atoms with Crippen LogP contribution in [0.3, 0.4) is 0 Å². The van der Waals surface area contributed by atoms with Crippen molar-refractivity contribution in [3.63, 3.8) is 0 Å². The van der Waals surface area contributed by atoms with Gasteiger partial charge in [-0.1, -0.05) is 19.3 Å². The molecule has 2 fully saturated rings. The SMILES string of the molecule is O=C(NCC1CCN(c2ncccn2)CC1)NC1CCCCC1. The molecule has 0 spiro atoms. The number of aromatic nitrogens is 2. The number of piperidine rings is 1. The van der Waals surface area contributed by atoms with E-state index in [1.165, 1.54) is 19.3 Å². The third kappa shape index (κ3) is 4.81. The Morgan fingerprint density at radius 1 is 1.09 bits per heavy atom. The largest absolute Gasteiger partial charge is 0.341 e. The summed E-state index contributed by atoms with van der Waals surface area (Å²) < 4.78 is 0. The van der Waals surface area contributed by atoms with Gasteiger partial charge in [0, 0.05) is 38.1 Å². The maximum Gasteiger partial charge on any atom is 0.315 e. The molecule has 2 heterocycles. The monoisotopic (exact) mass is 317 g/mol. The van der Waals surface area contributed by atoms with E-state index in [2.05, 4.69) is 25.5 Å². The van der Waals surface area contributed by atoms with Crippen molar-refractivity contribution in [3.05, 3.63) is 18.5 Å². The molecule has 1 aromatic heterocycles. The number of carbonyl (C=O) groups excluding carboxylic acids is 1. The van der Waals surface area contributed by atoms with Gasteiger partial charge in [0.25, 0.3) is 0 Å². The van der Waals surface area contributed by atoms with Gasteiger partial charge in [0.05, 0.1) is 0 Å². The Hall–Kier alpha value is -1.85.